The van der Waals surface area contributed by atoms with E-state index in [4.69, 9.17) is 10.5 Å². The van der Waals surface area contributed by atoms with E-state index in [2.05, 4.69) is 20.3 Å². The molecule has 27 heavy (non-hydrogen) atoms. The first-order valence-electron chi connectivity index (χ1n) is 8.77. The number of methoxy groups -OCH3 is 1. The van der Waals surface area contributed by atoms with Gasteiger partial charge in [0, 0.05) is 30.5 Å². The molecule has 1 atom stereocenters. The lowest BCUT2D eigenvalue weighted by atomic mass is 10.0. The van der Waals surface area contributed by atoms with Crippen molar-refractivity contribution in [3.63, 3.8) is 0 Å². The molecule has 0 spiro atoms. The Kier molecular flexibility index (Phi) is 5.83. The van der Waals surface area contributed by atoms with E-state index >= 15 is 0 Å². The molecular formula is C20H23N5O2. The largest absolute Gasteiger partial charge is 0.507 e. The molecular weight excluding hydrogens is 342 g/mol. The molecule has 0 saturated carbocycles. The highest BCUT2D eigenvalue weighted by molar-refractivity contribution is 5.76. The molecule has 2 heterocycles. The maximum absolute atomic E-state index is 10.3. The molecule has 4 N–H and O–H groups in total. The standard InChI is InChI=1S/C20H23N5O2/c1-3-14(21)12-24-18-8-10-22-19(25-18)16-11-13(6-7-17(16)26)15-5-4-9-23-20(15)27-2/h4-11,14,26H,3,12,21H2,1-2H3,(H,22,24,25)/t14-/m1/s1. The zero-order valence-electron chi connectivity index (χ0n) is 15.4. The molecule has 140 valence electrons. The van der Waals surface area contributed by atoms with Crippen molar-refractivity contribution in [3.05, 3.63) is 48.8 Å². The van der Waals surface area contributed by atoms with Crippen molar-refractivity contribution >= 4 is 5.82 Å². The lowest BCUT2D eigenvalue weighted by Gasteiger charge is -2.12. The van der Waals surface area contributed by atoms with Gasteiger partial charge in [0.15, 0.2) is 5.82 Å². The van der Waals surface area contributed by atoms with Crippen LogP contribution in [0, 0.1) is 0 Å². The van der Waals surface area contributed by atoms with Crippen LogP contribution in [0.15, 0.2) is 48.8 Å². The number of hydrogen-bond donors (Lipinski definition) is 3. The van der Waals surface area contributed by atoms with Crippen molar-refractivity contribution < 1.29 is 9.84 Å². The Hall–Kier alpha value is -3.19. The number of nitrogens with two attached hydrogens (primary N) is 1. The molecule has 3 aromatic rings. The van der Waals surface area contributed by atoms with E-state index in [0.717, 1.165) is 17.5 Å². The Balaban J connectivity index is 1.95. The third kappa shape index (κ3) is 4.32. The van der Waals surface area contributed by atoms with Gasteiger partial charge in [0.2, 0.25) is 5.88 Å². The van der Waals surface area contributed by atoms with Crippen LogP contribution in [0.2, 0.25) is 0 Å². The number of rotatable bonds is 7. The van der Waals surface area contributed by atoms with E-state index in [-0.39, 0.29) is 11.8 Å². The quantitative estimate of drug-likeness (QED) is 0.591. The molecule has 0 amide bonds. The molecule has 0 fully saturated rings. The van der Waals surface area contributed by atoms with E-state index in [9.17, 15) is 5.11 Å². The maximum atomic E-state index is 10.3. The summed E-state index contributed by atoms with van der Waals surface area (Å²) in [4.78, 5) is 13.0. The first-order chi connectivity index (χ1) is 13.1. The van der Waals surface area contributed by atoms with E-state index in [0.29, 0.717) is 29.6 Å². The lowest BCUT2D eigenvalue weighted by molar-refractivity contribution is 0.399. The van der Waals surface area contributed by atoms with Crippen molar-refractivity contribution in [1.29, 1.82) is 0 Å². The van der Waals surface area contributed by atoms with Crippen LogP contribution >= 0.6 is 0 Å². The molecule has 0 aliphatic rings. The molecule has 0 bridgehead atoms. The predicted octanol–water partition coefficient (Wildman–Crippen LogP) is 3.07. The van der Waals surface area contributed by atoms with Crippen LogP contribution in [0.5, 0.6) is 11.6 Å². The fraction of sp³-hybridized carbons (Fsp3) is 0.250. The average molecular weight is 365 g/mol. The summed E-state index contributed by atoms with van der Waals surface area (Å²) in [6, 6.07) is 10.8. The number of aromatic hydroxyl groups is 1. The topological polar surface area (TPSA) is 106 Å². The highest BCUT2D eigenvalue weighted by Gasteiger charge is 2.13. The van der Waals surface area contributed by atoms with E-state index < -0.39 is 0 Å². The molecule has 7 heteroatoms. The Labute approximate surface area is 158 Å². The molecule has 0 aliphatic carbocycles. The molecule has 0 aliphatic heterocycles. The highest BCUT2D eigenvalue weighted by Crippen LogP contribution is 2.34. The Morgan fingerprint density at radius 3 is 2.78 bits per heavy atom. The van der Waals surface area contributed by atoms with Gasteiger partial charge in [-0.15, -0.1) is 0 Å². The first-order valence-corrected chi connectivity index (χ1v) is 8.77. The highest BCUT2D eigenvalue weighted by atomic mass is 16.5. The van der Waals surface area contributed by atoms with E-state index in [1.807, 2.05) is 25.1 Å². The molecule has 7 nitrogen and oxygen atoms in total. The second-order valence-electron chi connectivity index (χ2n) is 6.11. The molecule has 2 aromatic heterocycles. The molecule has 1 aromatic carbocycles. The molecule has 0 saturated heterocycles. The van der Waals surface area contributed by atoms with Gasteiger partial charge in [-0.3, -0.25) is 0 Å². The van der Waals surface area contributed by atoms with Gasteiger partial charge in [-0.05, 0) is 42.3 Å². The van der Waals surface area contributed by atoms with Gasteiger partial charge in [0.25, 0.3) is 0 Å². The van der Waals surface area contributed by atoms with Crippen LogP contribution in [0.4, 0.5) is 5.82 Å². The molecule has 3 rings (SSSR count). The Morgan fingerprint density at radius 2 is 2.00 bits per heavy atom. The van der Waals surface area contributed by atoms with Gasteiger partial charge in [-0.25, -0.2) is 15.0 Å². The minimum Gasteiger partial charge on any atom is -0.507 e. The summed E-state index contributed by atoms with van der Waals surface area (Å²) in [6.45, 7) is 2.65. The van der Waals surface area contributed by atoms with Crippen LogP contribution in [0.25, 0.3) is 22.5 Å². The number of hydrogen-bond acceptors (Lipinski definition) is 7. The minimum atomic E-state index is 0.0539. The zero-order valence-corrected chi connectivity index (χ0v) is 15.4. The SMILES string of the molecule is CC[C@@H](N)CNc1ccnc(-c2cc(-c3cccnc3OC)ccc2O)n1. The monoisotopic (exact) mass is 365 g/mol. The van der Waals surface area contributed by atoms with Crippen LogP contribution in [-0.2, 0) is 0 Å². The van der Waals surface area contributed by atoms with Crippen LogP contribution < -0.4 is 15.8 Å². The van der Waals surface area contributed by atoms with E-state index in [1.54, 1.807) is 37.7 Å². The number of nitrogens with zero attached hydrogens (tertiary/aromatic N) is 3. The smallest absolute Gasteiger partial charge is 0.221 e. The van der Waals surface area contributed by atoms with Crippen molar-refractivity contribution in [1.82, 2.24) is 15.0 Å². The second-order valence-corrected chi connectivity index (χ2v) is 6.11. The first kappa shape index (κ1) is 18.6. The van der Waals surface area contributed by atoms with Crippen molar-refractivity contribution in [3.8, 4) is 34.1 Å². The minimum absolute atomic E-state index is 0.0539. The van der Waals surface area contributed by atoms with Crippen molar-refractivity contribution in [2.24, 2.45) is 5.73 Å². The van der Waals surface area contributed by atoms with Gasteiger partial charge in [-0.2, -0.15) is 0 Å². The number of phenols is 1. The number of nitrogens with one attached hydrogen (secondary N) is 1. The third-order valence-corrected chi connectivity index (χ3v) is 4.24. The lowest BCUT2D eigenvalue weighted by Crippen LogP contribution is -2.28. The summed E-state index contributed by atoms with van der Waals surface area (Å²) in [6.07, 6.45) is 4.20. The van der Waals surface area contributed by atoms with Crippen LogP contribution in [0.3, 0.4) is 0 Å². The number of ether oxygens (including phenoxy) is 1. The predicted molar refractivity (Wildman–Crippen MR) is 106 cm³/mol. The summed E-state index contributed by atoms with van der Waals surface area (Å²) in [5.41, 5.74) is 8.14. The molecule has 0 radical (unpaired) electrons. The normalized spacial score (nSPS) is 11.8. The average Bonchev–Trinajstić information content (AvgIpc) is 2.72. The van der Waals surface area contributed by atoms with Crippen molar-refractivity contribution in [2.75, 3.05) is 19.0 Å². The number of benzene rings is 1. The van der Waals surface area contributed by atoms with Gasteiger partial charge < -0.3 is 20.9 Å². The van der Waals surface area contributed by atoms with Gasteiger partial charge in [0.05, 0.1) is 12.7 Å². The Morgan fingerprint density at radius 1 is 1.15 bits per heavy atom. The van der Waals surface area contributed by atoms with Gasteiger partial charge >= 0.3 is 0 Å². The number of anilines is 1. The molecule has 0 unspecified atom stereocenters. The zero-order chi connectivity index (χ0) is 19.2. The summed E-state index contributed by atoms with van der Waals surface area (Å²) in [7, 11) is 1.58. The summed E-state index contributed by atoms with van der Waals surface area (Å²) in [5, 5.41) is 13.5. The van der Waals surface area contributed by atoms with E-state index in [1.165, 1.54) is 0 Å². The fourth-order valence-corrected chi connectivity index (χ4v) is 2.62. The number of pyridine rings is 1. The van der Waals surface area contributed by atoms with Crippen molar-refractivity contribution in [2.45, 2.75) is 19.4 Å². The van der Waals surface area contributed by atoms with Crippen LogP contribution in [0.1, 0.15) is 13.3 Å². The number of phenolic OH excluding ortho intramolecular Hbond substituents is 1. The second kappa shape index (κ2) is 8.46. The summed E-state index contributed by atoms with van der Waals surface area (Å²) < 4.78 is 5.33. The summed E-state index contributed by atoms with van der Waals surface area (Å²) >= 11 is 0. The number of aromatic nitrogens is 3. The summed E-state index contributed by atoms with van der Waals surface area (Å²) in [5.74, 6) is 1.70. The third-order valence-electron chi connectivity index (χ3n) is 4.24. The van der Waals surface area contributed by atoms with Crippen LogP contribution in [-0.4, -0.2) is 39.8 Å². The maximum Gasteiger partial charge on any atom is 0.221 e. The fourth-order valence-electron chi connectivity index (χ4n) is 2.62. The van der Waals surface area contributed by atoms with Gasteiger partial charge in [0.1, 0.15) is 11.6 Å². The Bertz CT molecular complexity index is 916. The van der Waals surface area contributed by atoms with Gasteiger partial charge in [-0.1, -0.05) is 13.0 Å².